The lowest BCUT2D eigenvalue weighted by Gasteiger charge is -2.06. The van der Waals surface area contributed by atoms with E-state index in [2.05, 4.69) is 5.10 Å². The number of nitrogen functional groups attached to an aromatic ring is 1. The van der Waals surface area contributed by atoms with E-state index in [1.165, 1.54) is 4.68 Å². The van der Waals surface area contributed by atoms with Gasteiger partial charge in [0, 0.05) is 12.6 Å². The van der Waals surface area contributed by atoms with Crippen LogP contribution in [0.4, 0.5) is 5.82 Å². The van der Waals surface area contributed by atoms with Crippen LogP contribution in [0.1, 0.15) is 30.6 Å². The molecule has 4 nitrogen and oxygen atoms in total. The first-order valence-corrected chi connectivity index (χ1v) is 7.46. The molecule has 0 amide bonds. The second kappa shape index (κ2) is 6.26. The molecule has 1 aromatic carbocycles. The molecule has 0 spiro atoms. The predicted molar refractivity (Wildman–Crippen MR) is 86.8 cm³/mol. The van der Waals surface area contributed by atoms with Crippen molar-refractivity contribution in [2.45, 2.75) is 20.3 Å². The summed E-state index contributed by atoms with van der Waals surface area (Å²) >= 11 is 18.1. The van der Waals surface area contributed by atoms with E-state index in [9.17, 15) is 4.79 Å². The van der Waals surface area contributed by atoms with Crippen molar-refractivity contribution < 1.29 is 4.79 Å². The lowest BCUT2D eigenvalue weighted by molar-refractivity contribution is 0.0968. The highest BCUT2D eigenvalue weighted by Crippen LogP contribution is 2.34. The standard InChI is InChI=1S/C14H14Cl3N3O/c1-7(2)5-11(21)8-6-20(19-14(8)18)10-4-3-9(15)12(16)13(10)17/h3-4,6-7H,5H2,1-2H3,(H2,18,19). The first-order valence-electron chi connectivity index (χ1n) is 6.33. The molecule has 0 bridgehead atoms. The van der Waals surface area contributed by atoms with Gasteiger partial charge in [-0.2, -0.15) is 0 Å². The van der Waals surface area contributed by atoms with Gasteiger partial charge in [-0.1, -0.05) is 48.7 Å². The SMILES string of the molecule is CC(C)CC(=O)c1cn(-c2ccc(Cl)c(Cl)c2Cl)nc1N. The van der Waals surface area contributed by atoms with E-state index in [4.69, 9.17) is 40.5 Å². The molecule has 0 saturated heterocycles. The number of hydrogen-bond donors (Lipinski definition) is 1. The summed E-state index contributed by atoms with van der Waals surface area (Å²) < 4.78 is 1.44. The maximum Gasteiger partial charge on any atom is 0.168 e. The first-order chi connectivity index (χ1) is 9.81. The van der Waals surface area contributed by atoms with Gasteiger partial charge in [0.1, 0.15) is 0 Å². The van der Waals surface area contributed by atoms with Crippen molar-refractivity contribution in [3.8, 4) is 5.69 Å². The van der Waals surface area contributed by atoms with Crippen molar-refractivity contribution in [1.82, 2.24) is 9.78 Å². The number of halogens is 3. The van der Waals surface area contributed by atoms with Crippen molar-refractivity contribution in [3.63, 3.8) is 0 Å². The number of aromatic nitrogens is 2. The predicted octanol–water partition coefficient (Wildman–Crippen LogP) is 4.64. The Hall–Kier alpha value is -1.23. The zero-order valence-corrected chi connectivity index (χ0v) is 13.8. The van der Waals surface area contributed by atoms with Crippen LogP contribution < -0.4 is 5.73 Å². The maximum atomic E-state index is 12.1. The third-order valence-electron chi connectivity index (χ3n) is 2.90. The van der Waals surface area contributed by atoms with E-state index in [-0.39, 0.29) is 27.6 Å². The van der Waals surface area contributed by atoms with E-state index in [0.29, 0.717) is 22.7 Å². The van der Waals surface area contributed by atoms with Gasteiger partial charge in [0.15, 0.2) is 11.6 Å². The van der Waals surface area contributed by atoms with Gasteiger partial charge in [0.05, 0.1) is 26.3 Å². The second-order valence-corrected chi connectivity index (χ2v) is 6.25. The Morgan fingerprint density at radius 3 is 2.57 bits per heavy atom. The van der Waals surface area contributed by atoms with E-state index in [0.717, 1.165) is 0 Å². The molecule has 0 aliphatic carbocycles. The van der Waals surface area contributed by atoms with Crippen molar-refractivity contribution in [2.24, 2.45) is 5.92 Å². The summed E-state index contributed by atoms with van der Waals surface area (Å²) in [5, 5.41) is 4.97. The molecular formula is C14H14Cl3N3O. The monoisotopic (exact) mass is 345 g/mol. The summed E-state index contributed by atoms with van der Waals surface area (Å²) in [6.45, 7) is 3.93. The summed E-state index contributed by atoms with van der Waals surface area (Å²) in [6.07, 6.45) is 1.97. The van der Waals surface area contributed by atoms with Crippen LogP contribution in [0.25, 0.3) is 5.69 Å². The smallest absolute Gasteiger partial charge is 0.168 e. The van der Waals surface area contributed by atoms with E-state index in [1.54, 1.807) is 18.3 Å². The van der Waals surface area contributed by atoms with Gasteiger partial charge in [-0.25, -0.2) is 4.68 Å². The molecular weight excluding hydrogens is 333 g/mol. The van der Waals surface area contributed by atoms with Gasteiger partial charge < -0.3 is 5.73 Å². The number of hydrogen-bond acceptors (Lipinski definition) is 3. The van der Waals surface area contributed by atoms with Crippen LogP contribution in [0.3, 0.4) is 0 Å². The number of nitrogens with two attached hydrogens (primary N) is 1. The molecule has 0 saturated carbocycles. The van der Waals surface area contributed by atoms with Crippen LogP contribution in [0, 0.1) is 5.92 Å². The number of ketones is 1. The normalized spacial score (nSPS) is 11.1. The molecule has 0 aliphatic rings. The second-order valence-electron chi connectivity index (χ2n) is 5.09. The third kappa shape index (κ3) is 3.34. The Morgan fingerprint density at radius 2 is 1.95 bits per heavy atom. The zero-order valence-electron chi connectivity index (χ0n) is 11.5. The van der Waals surface area contributed by atoms with Crippen LogP contribution in [-0.4, -0.2) is 15.6 Å². The molecule has 21 heavy (non-hydrogen) atoms. The van der Waals surface area contributed by atoms with Gasteiger partial charge in [0.25, 0.3) is 0 Å². The van der Waals surface area contributed by atoms with Gasteiger partial charge in [-0.05, 0) is 18.1 Å². The molecule has 2 aromatic rings. The molecule has 0 atom stereocenters. The fourth-order valence-electron chi connectivity index (χ4n) is 1.90. The lowest BCUT2D eigenvalue weighted by atomic mass is 10.0. The van der Waals surface area contributed by atoms with Crippen LogP contribution in [0.15, 0.2) is 18.3 Å². The number of anilines is 1. The summed E-state index contributed by atoms with van der Waals surface area (Å²) in [7, 11) is 0. The molecule has 112 valence electrons. The van der Waals surface area contributed by atoms with Crippen molar-refractivity contribution >= 4 is 46.4 Å². The average Bonchev–Trinajstić information content (AvgIpc) is 2.77. The van der Waals surface area contributed by atoms with Crippen LogP contribution in [0.2, 0.25) is 15.1 Å². The Balaban J connectivity index is 2.44. The molecule has 1 heterocycles. The molecule has 2 N–H and O–H groups in total. The average molecular weight is 347 g/mol. The quantitative estimate of drug-likeness (QED) is 0.648. The van der Waals surface area contributed by atoms with Gasteiger partial charge >= 0.3 is 0 Å². The van der Waals surface area contributed by atoms with E-state index >= 15 is 0 Å². The fraction of sp³-hybridized carbons (Fsp3) is 0.286. The Morgan fingerprint density at radius 1 is 1.29 bits per heavy atom. The van der Waals surface area contributed by atoms with Crippen molar-refractivity contribution in [1.29, 1.82) is 0 Å². The minimum atomic E-state index is -0.0510. The molecule has 0 unspecified atom stereocenters. The topological polar surface area (TPSA) is 60.9 Å². The fourth-order valence-corrected chi connectivity index (χ4v) is 2.52. The molecule has 0 fully saturated rings. The Labute approximate surface area is 137 Å². The van der Waals surface area contributed by atoms with E-state index < -0.39 is 0 Å². The van der Waals surface area contributed by atoms with Gasteiger partial charge in [-0.15, -0.1) is 5.10 Å². The van der Waals surface area contributed by atoms with Crippen LogP contribution >= 0.6 is 34.8 Å². The van der Waals surface area contributed by atoms with Crippen LogP contribution in [0.5, 0.6) is 0 Å². The highest BCUT2D eigenvalue weighted by Gasteiger charge is 2.18. The molecule has 0 radical (unpaired) electrons. The zero-order chi connectivity index (χ0) is 15.7. The van der Waals surface area contributed by atoms with Gasteiger partial charge in [0.2, 0.25) is 0 Å². The number of Topliss-reactive ketones (excluding diaryl/α,β-unsaturated/α-hetero) is 1. The molecule has 7 heteroatoms. The van der Waals surface area contributed by atoms with Crippen molar-refractivity contribution in [2.75, 3.05) is 5.73 Å². The summed E-state index contributed by atoms with van der Waals surface area (Å²) in [6, 6.07) is 3.28. The van der Waals surface area contributed by atoms with E-state index in [1.807, 2.05) is 13.8 Å². The number of rotatable bonds is 4. The maximum absolute atomic E-state index is 12.1. The number of benzene rings is 1. The summed E-state index contributed by atoms with van der Waals surface area (Å²) in [5.74, 6) is 0.363. The lowest BCUT2D eigenvalue weighted by Crippen LogP contribution is -2.05. The summed E-state index contributed by atoms with van der Waals surface area (Å²) in [5.41, 5.74) is 6.71. The largest absolute Gasteiger partial charge is 0.382 e. The Bertz CT molecular complexity index is 695. The van der Waals surface area contributed by atoms with Gasteiger partial charge in [-0.3, -0.25) is 4.79 Å². The first kappa shape index (κ1) is 16.1. The number of carbonyl (C=O) groups is 1. The molecule has 0 aliphatic heterocycles. The highest BCUT2D eigenvalue weighted by molar-refractivity contribution is 6.48. The van der Waals surface area contributed by atoms with Crippen molar-refractivity contribution in [3.05, 3.63) is 39.0 Å². The number of nitrogens with zero attached hydrogens (tertiary/aromatic N) is 2. The Kier molecular flexibility index (Phi) is 4.81. The molecule has 1 aromatic heterocycles. The number of carbonyl (C=O) groups excluding carboxylic acids is 1. The minimum absolute atomic E-state index is 0.0510. The minimum Gasteiger partial charge on any atom is -0.382 e. The molecule has 2 rings (SSSR count). The highest BCUT2D eigenvalue weighted by atomic mass is 35.5. The third-order valence-corrected chi connectivity index (χ3v) is 4.18. The van der Waals surface area contributed by atoms with Crippen LogP contribution in [-0.2, 0) is 0 Å². The summed E-state index contributed by atoms with van der Waals surface area (Å²) in [4.78, 5) is 12.1.